The minimum absolute atomic E-state index is 0.172. The third kappa shape index (κ3) is 7.38. The van der Waals surface area contributed by atoms with Crippen LogP contribution in [0.25, 0.3) is 28.0 Å². The molecule has 4 aromatic rings. The van der Waals surface area contributed by atoms with Crippen LogP contribution in [0.2, 0.25) is 0 Å². The zero-order valence-electron chi connectivity index (χ0n) is 29.9. The fraction of sp³-hybridized carbons (Fsp3) is 0.450. The van der Waals surface area contributed by atoms with Gasteiger partial charge in [0.25, 0.3) is 0 Å². The van der Waals surface area contributed by atoms with Crippen molar-refractivity contribution in [2.24, 2.45) is 0 Å². The summed E-state index contributed by atoms with van der Waals surface area (Å²) in [6.07, 6.45) is 7.23. The highest BCUT2D eigenvalue weighted by atomic mass is 19.1. The van der Waals surface area contributed by atoms with Gasteiger partial charge < -0.3 is 23.8 Å². The van der Waals surface area contributed by atoms with Gasteiger partial charge in [0.15, 0.2) is 6.10 Å². The zero-order valence-corrected chi connectivity index (χ0v) is 29.9. The lowest BCUT2D eigenvalue weighted by Gasteiger charge is -2.41. The Kier molecular flexibility index (Phi) is 9.61. The molecule has 3 aliphatic heterocycles. The Morgan fingerprint density at radius 1 is 1.08 bits per heavy atom. The molecule has 5 heterocycles. The Bertz CT molecular complexity index is 1880. The van der Waals surface area contributed by atoms with Gasteiger partial charge in [0.2, 0.25) is 0 Å². The average Bonchev–Trinajstić information content (AvgIpc) is 3.46. The fourth-order valence-corrected chi connectivity index (χ4v) is 6.84. The van der Waals surface area contributed by atoms with Crippen molar-refractivity contribution in [2.45, 2.75) is 91.1 Å². The number of imidazole rings is 1. The minimum Gasteiger partial charge on any atom is -0.490 e. The van der Waals surface area contributed by atoms with Gasteiger partial charge in [-0.2, -0.15) is 0 Å². The first-order chi connectivity index (χ1) is 23.2. The molecule has 0 radical (unpaired) electrons. The van der Waals surface area contributed by atoms with Gasteiger partial charge in [-0.25, -0.2) is 14.2 Å². The second kappa shape index (κ2) is 13.6. The van der Waals surface area contributed by atoms with Crippen LogP contribution in [0.1, 0.15) is 76.7 Å². The predicted molar refractivity (Wildman–Crippen MR) is 191 cm³/mol. The molecule has 2 atom stereocenters. The lowest BCUT2D eigenvalue weighted by atomic mass is 9.92. The van der Waals surface area contributed by atoms with Crippen molar-refractivity contribution in [3.63, 3.8) is 0 Å². The van der Waals surface area contributed by atoms with Gasteiger partial charge in [0, 0.05) is 36.8 Å². The van der Waals surface area contributed by atoms with Gasteiger partial charge in [0.05, 0.1) is 42.3 Å². The maximum atomic E-state index is 15.8. The van der Waals surface area contributed by atoms with Crippen LogP contribution in [0.15, 0.2) is 60.8 Å². The third-order valence-corrected chi connectivity index (χ3v) is 9.38. The molecular formula is C40H48FN3O5. The number of aromatic nitrogens is 2. The second-order valence-corrected chi connectivity index (χ2v) is 14.6. The van der Waals surface area contributed by atoms with E-state index >= 15 is 4.39 Å². The molecule has 0 saturated carbocycles. The number of halogens is 1. The summed E-state index contributed by atoms with van der Waals surface area (Å²) in [7, 11) is 1.39. The molecule has 260 valence electrons. The van der Waals surface area contributed by atoms with E-state index in [2.05, 4.69) is 22.3 Å². The van der Waals surface area contributed by atoms with Crippen molar-refractivity contribution in [3.05, 3.63) is 83.3 Å². The van der Waals surface area contributed by atoms with E-state index in [0.717, 1.165) is 52.3 Å². The second-order valence-electron chi connectivity index (χ2n) is 14.6. The quantitative estimate of drug-likeness (QED) is 0.160. The molecule has 9 heteroatoms. The maximum absolute atomic E-state index is 15.8. The largest absolute Gasteiger partial charge is 0.490 e. The zero-order chi connectivity index (χ0) is 35.1. The van der Waals surface area contributed by atoms with Crippen LogP contribution < -0.4 is 9.64 Å². The average molecular weight is 670 g/mol. The number of benzene rings is 2. The Morgan fingerprint density at radius 2 is 1.82 bits per heavy atom. The molecular weight excluding hydrogens is 621 g/mol. The van der Waals surface area contributed by atoms with Crippen molar-refractivity contribution in [2.75, 3.05) is 31.7 Å². The topological polar surface area (TPSA) is 74.5 Å². The van der Waals surface area contributed by atoms with Crippen LogP contribution in [0, 0.1) is 19.7 Å². The molecule has 0 unspecified atom stereocenters. The van der Waals surface area contributed by atoms with Crippen molar-refractivity contribution in [3.8, 4) is 28.1 Å². The summed E-state index contributed by atoms with van der Waals surface area (Å²) in [5.74, 6) is 0.546. The van der Waals surface area contributed by atoms with E-state index in [1.165, 1.54) is 13.2 Å². The number of methoxy groups -OCH3 is 1. The lowest BCUT2D eigenvalue weighted by Crippen LogP contribution is -2.45. The van der Waals surface area contributed by atoms with Gasteiger partial charge >= 0.3 is 5.97 Å². The molecule has 8 nitrogen and oxygen atoms in total. The molecule has 49 heavy (non-hydrogen) atoms. The van der Waals surface area contributed by atoms with Crippen molar-refractivity contribution < 1.29 is 28.1 Å². The molecule has 0 N–H and O–H groups in total. The van der Waals surface area contributed by atoms with Gasteiger partial charge in [-0.05, 0) is 102 Å². The predicted octanol–water partition coefficient (Wildman–Crippen LogP) is 8.56. The summed E-state index contributed by atoms with van der Waals surface area (Å²) in [4.78, 5) is 20.8. The van der Waals surface area contributed by atoms with E-state index in [1.807, 2.05) is 90.2 Å². The van der Waals surface area contributed by atoms with Crippen molar-refractivity contribution >= 4 is 17.4 Å². The maximum Gasteiger partial charge on any atom is 0.339 e. The number of esters is 1. The summed E-state index contributed by atoms with van der Waals surface area (Å²) in [6.45, 7) is 15.7. The van der Waals surface area contributed by atoms with Gasteiger partial charge in [0.1, 0.15) is 23.0 Å². The van der Waals surface area contributed by atoms with Gasteiger partial charge in [-0.1, -0.05) is 30.4 Å². The lowest BCUT2D eigenvalue weighted by molar-refractivity contribution is -0.164. The Balaban J connectivity index is 1.57. The number of hydrogen-bond donors (Lipinski definition) is 0. The molecule has 3 aliphatic rings. The normalized spacial score (nSPS) is 20.6. The number of carbonyl (C=O) groups is 1. The molecule has 0 aliphatic carbocycles. The number of pyridine rings is 1. The molecule has 6 bridgehead atoms. The number of piperidine rings is 1. The summed E-state index contributed by atoms with van der Waals surface area (Å²) in [5.41, 5.74) is 4.88. The van der Waals surface area contributed by atoms with Crippen LogP contribution in [-0.4, -0.2) is 59.5 Å². The van der Waals surface area contributed by atoms with E-state index in [9.17, 15) is 4.79 Å². The smallest absolute Gasteiger partial charge is 0.339 e. The number of nitrogens with zero attached hydrogens (tertiary/aromatic N) is 3. The minimum atomic E-state index is -0.954. The van der Waals surface area contributed by atoms with Gasteiger partial charge in [-0.15, -0.1) is 0 Å². The number of carbonyl (C=O) groups excluding carboxylic acids is 1. The first-order valence-electron chi connectivity index (χ1n) is 17.1. The van der Waals surface area contributed by atoms with Gasteiger partial charge in [-0.3, -0.25) is 4.40 Å². The van der Waals surface area contributed by atoms with Crippen molar-refractivity contribution in [1.29, 1.82) is 0 Å². The first kappa shape index (κ1) is 34.6. The Morgan fingerprint density at radius 3 is 2.53 bits per heavy atom. The highest BCUT2D eigenvalue weighted by Crippen LogP contribution is 2.41. The molecule has 1 saturated heterocycles. The van der Waals surface area contributed by atoms with Crippen LogP contribution >= 0.6 is 0 Å². The SMILES string of the molecule is COC(=O)[C@@H](OC(C)(C)C)c1c(C)cc2nc3cn2c1N1CCC(C)(CC1)OCC=CC[C@H](C)Oc1cc(C)cc(F)c1-c1cccc-3c1. The van der Waals surface area contributed by atoms with E-state index < -0.39 is 17.7 Å². The number of ether oxygens (including phenoxy) is 4. The molecule has 0 amide bonds. The summed E-state index contributed by atoms with van der Waals surface area (Å²) in [5, 5.41) is 0. The third-order valence-electron chi connectivity index (χ3n) is 9.38. The molecule has 1 fully saturated rings. The summed E-state index contributed by atoms with van der Waals surface area (Å²) in [6, 6.07) is 13.2. The number of aryl methyl sites for hydroxylation is 2. The van der Waals surface area contributed by atoms with E-state index in [-0.39, 0.29) is 17.5 Å². The van der Waals surface area contributed by atoms with Crippen LogP contribution in [0.3, 0.4) is 0 Å². The van der Waals surface area contributed by atoms with Crippen LogP contribution in [0.4, 0.5) is 10.2 Å². The number of fused-ring (bicyclic) bond motifs is 7. The summed E-state index contributed by atoms with van der Waals surface area (Å²) >= 11 is 0. The Labute approximate surface area is 288 Å². The van der Waals surface area contributed by atoms with E-state index in [4.69, 9.17) is 23.9 Å². The van der Waals surface area contributed by atoms with Crippen LogP contribution in [-0.2, 0) is 19.0 Å². The highest BCUT2D eigenvalue weighted by Gasteiger charge is 2.37. The monoisotopic (exact) mass is 669 g/mol. The number of rotatable bonds is 3. The highest BCUT2D eigenvalue weighted by molar-refractivity contribution is 5.82. The first-order valence-corrected chi connectivity index (χ1v) is 17.1. The molecule has 7 rings (SSSR count). The Hall–Kier alpha value is -4.21. The number of hydrogen-bond acceptors (Lipinski definition) is 7. The fourth-order valence-electron chi connectivity index (χ4n) is 6.84. The van der Waals surface area contributed by atoms with Crippen molar-refractivity contribution in [1.82, 2.24) is 9.38 Å². The molecule has 2 aromatic heterocycles. The van der Waals surface area contributed by atoms with E-state index in [0.29, 0.717) is 43.0 Å². The van der Waals surface area contributed by atoms with E-state index in [1.54, 1.807) is 0 Å². The standard InChI is InChI=1S/C40H48FN3O5/c1-25-20-30(41)35-29-14-11-13-28(23-29)31-24-44-33(42-31)22-26(2)34(36(38(45)46-8)49-39(4,5)6)37(44)43-17-15-40(7,16-18-43)47-19-10-9-12-27(3)48-32(35)21-25/h9-11,13-14,20-24,27,36H,12,15-19H2,1-8H3/t27-,36-/m0/s1. The molecule has 2 aromatic carbocycles. The summed E-state index contributed by atoms with van der Waals surface area (Å²) < 4.78 is 42.4. The number of anilines is 1. The molecule has 0 spiro atoms. The van der Waals surface area contributed by atoms with Crippen LogP contribution in [0.5, 0.6) is 5.75 Å².